The summed E-state index contributed by atoms with van der Waals surface area (Å²) in [7, 11) is 0. The maximum absolute atomic E-state index is 2.46. The molecule has 0 aliphatic heterocycles. The molecule has 6 aromatic rings. The quantitative estimate of drug-likeness (QED) is 0.127. The average Bonchev–Trinajstić information content (AvgIpc) is 3.10. The van der Waals surface area contributed by atoms with Crippen LogP contribution in [0.15, 0.2) is 127 Å². The summed E-state index contributed by atoms with van der Waals surface area (Å²) in [5.41, 5.74) is 10.7. The second-order valence-electron chi connectivity index (χ2n) is 13.7. The van der Waals surface area contributed by atoms with Crippen molar-refractivity contribution in [2.45, 2.75) is 72.1 Å². The minimum Gasteiger partial charge on any atom is -0.0758 e. The molecule has 0 nitrogen and oxygen atoms in total. The maximum Gasteiger partial charge on any atom is -0.00201 e. The minimum atomic E-state index is 0.523. The van der Waals surface area contributed by atoms with Crippen LogP contribution in [-0.4, -0.2) is 0 Å². The van der Waals surface area contributed by atoms with Crippen LogP contribution in [0.1, 0.15) is 83.3 Å². The van der Waals surface area contributed by atoms with Crippen molar-refractivity contribution >= 4 is 37.9 Å². The number of hydrogen-bond donors (Lipinski definition) is 0. The van der Waals surface area contributed by atoms with E-state index in [4.69, 9.17) is 0 Å². The molecule has 0 N–H and O–H groups in total. The molecule has 1 atom stereocenters. The summed E-state index contributed by atoms with van der Waals surface area (Å²) in [6.07, 6.45) is 12.6. The molecule has 1 aliphatic carbocycles. The van der Waals surface area contributed by atoms with Gasteiger partial charge in [-0.25, -0.2) is 0 Å². The lowest BCUT2D eigenvalue weighted by Crippen LogP contribution is -2.05. The van der Waals surface area contributed by atoms with E-state index >= 15 is 0 Å². The van der Waals surface area contributed by atoms with E-state index in [0.717, 1.165) is 6.42 Å². The van der Waals surface area contributed by atoms with Gasteiger partial charge in [-0.2, -0.15) is 0 Å². The SMILES string of the molecule is CC[C@@H](C)/C=C(\C=C(C)C)c1cccc(-c2c3ccccc3c(-c3ccc(C4CCCCC4)c4ccccc34)c3ccccc23)c1. The summed E-state index contributed by atoms with van der Waals surface area (Å²) in [5, 5.41) is 8.05. The van der Waals surface area contributed by atoms with Crippen LogP contribution in [0.3, 0.4) is 0 Å². The summed E-state index contributed by atoms with van der Waals surface area (Å²) < 4.78 is 0. The maximum atomic E-state index is 2.46. The van der Waals surface area contributed by atoms with Crippen molar-refractivity contribution in [1.29, 1.82) is 0 Å². The van der Waals surface area contributed by atoms with Crippen LogP contribution in [0.25, 0.3) is 60.1 Å². The molecule has 1 saturated carbocycles. The van der Waals surface area contributed by atoms with Gasteiger partial charge >= 0.3 is 0 Å². The Morgan fingerprint density at radius 1 is 0.652 bits per heavy atom. The van der Waals surface area contributed by atoms with Gasteiger partial charge in [0.05, 0.1) is 0 Å². The molecule has 0 aromatic heterocycles. The lowest BCUT2D eigenvalue weighted by Gasteiger charge is -2.25. The van der Waals surface area contributed by atoms with Gasteiger partial charge in [0.1, 0.15) is 0 Å². The van der Waals surface area contributed by atoms with Gasteiger partial charge < -0.3 is 0 Å². The highest BCUT2D eigenvalue weighted by atomic mass is 14.3. The van der Waals surface area contributed by atoms with Crippen molar-refractivity contribution in [3.05, 3.63) is 138 Å². The van der Waals surface area contributed by atoms with Crippen molar-refractivity contribution in [2.75, 3.05) is 0 Å². The van der Waals surface area contributed by atoms with Gasteiger partial charge in [0.15, 0.2) is 0 Å². The standard InChI is InChI=1S/C46H46/c1-5-32(4)29-36(28-31(2)3)34-18-15-19-35(30-34)45-40-22-11-13-24-42(40)46(43-25-14-12-23-41(43)45)44-27-26-37(33-16-7-6-8-17-33)38-20-9-10-21-39(38)44/h9-15,18-30,32-33H,5-8,16-17H2,1-4H3/b36-29+/t32-/m1/s1. The van der Waals surface area contributed by atoms with E-state index in [9.17, 15) is 0 Å². The van der Waals surface area contributed by atoms with Crippen molar-refractivity contribution in [2.24, 2.45) is 5.92 Å². The Hall–Kier alpha value is -4.42. The van der Waals surface area contributed by atoms with Crippen molar-refractivity contribution in [3.63, 3.8) is 0 Å². The van der Waals surface area contributed by atoms with E-state index in [1.54, 1.807) is 5.56 Å². The zero-order chi connectivity index (χ0) is 31.6. The van der Waals surface area contributed by atoms with E-state index in [-0.39, 0.29) is 0 Å². The normalized spacial score (nSPS) is 15.0. The van der Waals surface area contributed by atoms with E-state index in [1.807, 2.05) is 0 Å². The Bertz CT molecular complexity index is 2040. The molecule has 1 fully saturated rings. The molecule has 230 valence electrons. The molecule has 0 radical (unpaired) electrons. The third kappa shape index (κ3) is 5.71. The number of benzene rings is 6. The Morgan fingerprint density at radius 3 is 1.85 bits per heavy atom. The summed E-state index contributed by atoms with van der Waals surface area (Å²) in [5.74, 6) is 1.19. The summed E-state index contributed by atoms with van der Waals surface area (Å²) >= 11 is 0. The van der Waals surface area contributed by atoms with Crippen molar-refractivity contribution in [3.8, 4) is 22.3 Å². The van der Waals surface area contributed by atoms with Gasteiger partial charge in [-0.1, -0.05) is 160 Å². The first kappa shape index (κ1) is 30.2. The van der Waals surface area contributed by atoms with E-state index in [0.29, 0.717) is 11.8 Å². The molecule has 0 spiro atoms. The predicted molar refractivity (Wildman–Crippen MR) is 203 cm³/mol. The topological polar surface area (TPSA) is 0 Å². The number of allylic oxidation sites excluding steroid dienone is 4. The zero-order valence-corrected chi connectivity index (χ0v) is 27.9. The molecular weight excluding hydrogens is 553 g/mol. The van der Waals surface area contributed by atoms with E-state index < -0.39 is 0 Å². The molecular formula is C46H46. The molecule has 6 aromatic carbocycles. The van der Waals surface area contributed by atoms with Crippen LogP contribution in [0.2, 0.25) is 0 Å². The largest absolute Gasteiger partial charge is 0.0758 e. The van der Waals surface area contributed by atoms with Gasteiger partial charge in [0.25, 0.3) is 0 Å². The van der Waals surface area contributed by atoms with Crippen LogP contribution < -0.4 is 0 Å². The van der Waals surface area contributed by atoms with Crippen molar-refractivity contribution in [1.82, 2.24) is 0 Å². The number of fused-ring (bicyclic) bond motifs is 3. The van der Waals surface area contributed by atoms with Crippen LogP contribution in [0.4, 0.5) is 0 Å². The Morgan fingerprint density at radius 2 is 1.24 bits per heavy atom. The second-order valence-corrected chi connectivity index (χ2v) is 13.7. The molecule has 7 rings (SSSR count). The fraction of sp³-hybridized carbons (Fsp3) is 0.261. The zero-order valence-electron chi connectivity index (χ0n) is 27.9. The molecule has 0 amide bonds. The van der Waals surface area contributed by atoms with Crippen LogP contribution in [0.5, 0.6) is 0 Å². The Balaban J connectivity index is 1.49. The predicted octanol–water partition coefficient (Wildman–Crippen LogP) is 13.9. The van der Waals surface area contributed by atoms with E-state index in [2.05, 4.69) is 149 Å². The first-order valence-corrected chi connectivity index (χ1v) is 17.5. The third-order valence-electron chi connectivity index (χ3n) is 10.2. The monoisotopic (exact) mass is 598 g/mol. The van der Waals surface area contributed by atoms with Gasteiger partial charge in [0, 0.05) is 0 Å². The summed E-state index contributed by atoms with van der Waals surface area (Å²) in [4.78, 5) is 0. The Labute approximate surface area is 275 Å². The van der Waals surface area contributed by atoms with Gasteiger partial charge in [-0.3, -0.25) is 0 Å². The molecule has 0 heteroatoms. The molecule has 46 heavy (non-hydrogen) atoms. The Kier molecular flexibility index (Phi) is 8.63. The highest BCUT2D eigenvalue weighted by Gasteiger charge is 2.22. The van der Waals surface area contributed by atoms with E-state index in [1.165, 1.54) is 103 Å². The fourth-order valence-corrected chi connectivity index (χ4v) is 7.86. The van der Waals surface area contributed by atoms with Crippen LogP contribution in [-0.2, 0) is 0 Å². The molecule has 0 heterocycles. The first-order chi connectivity index (χ1) is 22.5. The van der Waals surface area contributed by atoms with Crippen molar-refractivity contribution < 1.29 is 0 Å². The lowest BCUT2D eigenvalue weighted by atomic mass is 9.79. The molecule has 0 unspecified atom stereocenters. The van der Waals surface area contributed by atoms with Gasteiger partial charge in [0.2, 0.25) is 0 Å². The minimum absolute atomic E-state index is 0.523. The third-order valence-corrected chi connectivity index (χ3v) is 10.2. The number of hydrogen-bond acceptors (Lipinski definition) is 0. The first-order valence-electron chi connectivity index (χ1n) is 17.5. The molecule has 1 aliphatic rings. The summed E-state index contributed by atoms with van der Waals surface area (Å²) in [6.45, 7) is 8.97. The number of rotatable bonds is 7. The van der Waals surface area contributed by atoms with Crippen LogP contribution >= 0.6 is 0 Å². The second kappa shape index (κ2) is 13.1. The highest BCUT2D eigenvalue weighted by Crippen LogP contribution is 2.47. The molecule has 0 saturated heterocycles. The lowest BCUT2D eigenvalue weighted by molar-refractivity contribution is 0.445. The highest BCUT2D eigenvalue weighted by molar-refractivity contribution is 6.23. The van der Waals surface area contributed by atoms with Crippen LogP contribution in [0, 0.1) is 5.92 Å². The fourth-order valence-electron chi connectivity index (χ4n) is 7.86. The van der Waals surface area contributed by atoms with Gasteiger partial charge in [-0.05, 0) is 116 Å². The average molecular weight is 599 g/mol. The summed E-state index contributed by atoms with van der Waals surface area (Å²) in [6, 6.07) is 41.5. The smallest absolute Gasteiger partial charge is 0.00201 e. The van der Waals surface area contributed by atoms with Gasteiger partial charge in [-0.15, -0.1) is 0 Å². The molecule has 0 bridgehead atoms.